The second-order valence-electron chi connectivity index (χ2n) is 6.01. The number of hydrogen-bond donors (Lipinski definition) is 1. The average Bonchev–Trinajstić information content (AvgIpc) is 2.65. The van der Waals surface area contributed by atoms with E-state index in [9.17, 15) is 4.39 Å². The van der Waals surface area contributed by atoms with Gasteiger partial charge in [-0.05, 0) is 54.2 Å². The van der Waals surface area contributed by atoms with Gasteiger partial charge in [-0.15, -0.1) is 0 Å². The van der Waals surface area contributed by atoms with Crippen LogP contribution in [0.3, 0.4) is 0 Å². The van der Waals surface area contributed by atoms with Gasteiger partial charge >= 0.3 is 0 Å². The Morgan fingerprint density at radius 3 is 2.28 bits per heavy atom. The Balaban J connectivity index is 1.48. The van der Waals surface area contributed by atoms with Crippen molar-refractivity contribution in [3.05, 3.63) is 65.5 Å². The molecule has 25 heavy (non-hydrogen) atoms. The Morgan fingerprint density at radius 2 is 1.68 bits per heavy atom. The molecule has 0 spiro atoms. The molecule has 0 atom stereocenters. The highest BCUT2D eigenvalue weighted by atomic mass is 32.1. The molecule has 4 nitrogen and oxygen atoms in total. The van der Waals surface area contributed by atoms with Crippen molar-refractivity contribution in [1.82, 2.24) is 9.80 Å². The molecular formula is C19H19FN4S. The second-order valence-corrected chi connectivity index (χ2v) is 6.40. The second kappa shape index (κ2) is 8.06. The Labute approximate surface area is 152 Å². The number of nitrogens with zero attached hydrogens (tertiary/aromatic N) is 3. The van der Waals surface area contributed by atoms with E-state index in [1.54, 1.807) is 12.1 Å². The number of piperazine rings is 1. The van der Waals surface area contributed by atoms with Crippen LogP contribution in [-0.2, 0) is 6.54 Å². The van der Waals surface area contributed by atoms with Crippen LogP contribution in [0.2, 0.25) is 0 Å². The highest BCUT2D eigenvalue weighted by molar-refractivity contribution is 7.80. The van der Waals surface area contributed by atoms with Crippen LogP contribution in [-0.4, -0.2) is 41.1 Å². The predicted octanol–water partition coefficient (Wildman–Crippen LogP) is 3.21. The third-order valence-electron chi connectivity index (χ3n) is 4.24. The first-order valence-electron chi connectivity index (χ1n) is 8.17. The number of nitriles is 1. The van der Waals surface area contributed by atoms with Crippen LogP contribution < -0.4 is 5.32 Å². The van der Waals surface area contributed by atoms with E-state index in [0.29, 0.717) is 10.7 Å². The smallest absolute Gasteiger partial charge is 0.173 e. The van der Waals surface area contributed by atoms with Gasteiger partial charge in [-0.2, -0.15) is 5.26 Å². The Bertz CT molecular complexity index is 760. The zero-order valence-corrected chi connectivity index (χ0v) is 14.6. The fourth-order valence-electron chi connectivity index (χ4n) is 2.79. The van der Waals surface area contributed by atoms with Gasteiger partial charge in [0.1, 0.15) is 5.82 Å². The van der Waals surface area contributed by atoms with Gasteiger partial charge in [0.25, 0.3) is 0 Å². The molecule has 0 saturated carbocycles. The van der Waals surface area contributed by atoms with Gasteiger partial charge in [0.15, 0.2) is 5.11 Å². The lowest BCUT2D eigenvalue weighted by molar-refractivity contribution is 0.177. The van der Waals surface area contributed by atoms with Crippen LogP contribution in [0.15, 0.2) is 48.5 Å². The largest absolute Gasteiger partial charge is 0.346 e. The van der Waals surface area contributed by atoms with Crippen molar-refractivity contribution >= 4 is 23.0 Å². The predicted molar refractivity (Wildman–Crippen MR) is 101 cm³/mol. The van der Waals surface area contributed by atoms with Crippen LogP contribution in [0.25, 0.3) is 0 Å². The number of rotatable bonds is 3. The number of anilines is 1. The standard InChI is InChI=1S/C19H19FN4S/c20-17-5-7-18(8-6-17)22-19(25)24-11-9-23(10-12-24)14-16-3-1-15(13-21)2-4-16/h1-8H,9-12,14H2,(H,22,25). The maximum Gasteiger partial charge on any atom is 0.173 e. The number of benzene rings is 2. The van der Waals surface area contributed by atoms with E-state index < -0.39 is 0 Å². The molecule has 2 aromatic carbocycles. The van der Waals surface area contributed by atoms with Gasteiger partial charge in [0, 0.05) is 38.4 Å². The van der Waals surface area contributed by atoms with E-state index in [1.807, 2.05) is 24.3 Å². The molecule has 0 radical (unpaired) electrons. The molecule has 0 unspecified atom stereocenters. The van der Waals surface area contributed by atoms with Crippen molar-refractivity contribution in [2.24, 2.45) is 0 Å². The molecule has 1 aliphatic rings. The van der Waals surface area contributed by atoms with Gasteiger partial charge in [0.2, 0.25) is 0 Å². The number of nitrogens with one attached hydrogen (secondary N) is 1. The van der Waals surface area contributed by atoms with Crippen LogP contribution in [0.1, 0.15) is 11.1 Å². The van der Waals surface area contributed by atoms with E-state index >= 15 is 0 Å². The topological polar surface area (TPSA) is 42.3 Å². The molecule has 3 rings (SSSR count). The molecule has 128 valence electrons. The van der Waals surface area contributed by atoms with E-state index in [0.717, 1.165) is 38.4 Å². The fourth-order valence-corrected chi connectivity index (χ4v) is 3.09. The number of hydrogen-bond acceptors (Lipinski definition) is 3. The normalized spacial score (nSPS) is 14.8. The summed E-state index contributed by atoms with van der Waals surface area (Å²) in [5.41, 5.74) is 2.69. The van der Waals surface area contributed by atoms with Crippen molar-refractivity contribution in [2.45, 2.75) is 6.54 Å². The van der Waals surface area contributed by atoms with Crippen LogP contribution in [0, 0.1) is 17.1 Å². The highest BCUT2D eigenvalue weighted by Gasteiger charge is 2.19. The quantitative estimate of drug-likeness (QED) is 0.858. The molecule has 2 aromatic rings. The van der Waals surface area contributed by atoms with Crippen molar-refractivity contribution in [3.8, 4) is 6.07 Å². The summed E-state index contributed by atoms with van der Waals surface area (Å²) in [5.74, 6) is -0.257. The summed E-state index contributed by atoms with van der Waals surface area (Å²) in [6.45, 7) is 4.42. The van der Waals surface area contributed by atoms with Crippen molar-refractivity contribution in [2.75, 3.05) is 31.5 Å². The van der Waals surface area contributed by atoms with Gasteiger partial charge < -0.3 is 10.2 Å². The SMILES string of the molecule is N#Cc1ccc(CN2CCN(C(=S)Nc3ccc(F)cc3)CC2)cc1. The Morgan fingerprint density at radius 1 is 1.04 bits per heavy atom. The molecule has 1 heterocycles. The molecular weight excluding hydrogens is 335 g/mol. The molecule has 0 bridgehead atoms. The lowest BCUT2D eigenvalue weighted by Gasteiger charge is -2.36. The van der Waals surface area contributed by atoms with Crippen LogP contribution in [0.4, 0.5) is 10.1 Å². The summed E-state index contributed by atoms with van der Waals surface area (Å²) in [5, 5.41) is 12.7. The Hall–Kier alpha value is -2.49. The highest BCUT2D eigenvalue weighted by Crippen LogP contribution is 2.13. The summed E-state index contributed by atoms with van der Waals surface area (Å²) < 4.78 is 13.0. The monoisotopic (exact) mass is 354 g/mol. The first kappa shape index (κ1) is 17.3. The summed E-state index contributed by atoms with van der Waals surface area (Å²) in [4.78, 5) is 4.51. The van der Waals surface area contributed by atoms with E-state index in [4.69, 9.17) is 17.5 Å². The van der Waals surface area contributed by atoms with Crippen molar-refractivity contribution in [1.29, 1.82) is 5.26 Å². The molecule has 0 amide bonds. The minimum atomic E-state index is -0.257. The lowest BCUT2D eigenvalue weighted by atomic mass is 10.1. The lowest BCUT2D eigenvalue weighted by Crippen LogP contribution is -2.49. The van der Waals surface area contributed by atoms with Gasteiger partial charge in [0.05, 0.1) is 11.6 Å². The third-order valence-corrected chi connectivity index (χ3v) is 4.60. The van der Waals surface area contributed by atoms with Gasteiger partial charge in [-0.25, -0.2) is 4.39 Å². The number of halogens is 1. The number of thiocarbonyl (C=S) groups is 1. The van der Waals surface area contributed by atoms with E-state index in [2.05, 4.69) is 21.2 Å². The molecule has 0 aromatic heterocycles. The Kier molecular flexibility index (Phi) is 5.59. The summed E-state index contributed by atoms with van der Waals surface area (Å²) in [7, 11) is 0. The fraction of sp³-hybridized carbons (Fsp3) is 0.263. The summed E-state index contributed by atoms with van der Waals surface area (Å²) in [6.07, 6.45) is 0. The molecule has 1 saturated heterocycles. The molecule has 1 aliphatic heterocycles. The molecule has 1 N–H and O–H groups in total. The maximum atomic E-state index is 13.0. The molecule has 0 aliphatic carbocycles. The zero-order valence-electron chi connectivity index (χ0n) is 13.8. The first-order chi connectivity index (χ1) is 12.1. The van der Waals surface area contributed by atoms with Crippen molar-refractivity contribution in [3.63, 3.8) is 0 Å². The summed E-state index contributed by atoms with van der Waals surface area (Å²) >= 11 is 5.46. The van der Waals surface area contributed by atoms with Crippen LogP contribution >= 0.6 is 12.2 Å². The minimum absolute atomic E-state index is 0.257. The summed E-state index contributed by atoms with van der Waals surface area (Å²) in [6, 6.07) is 16.1. The molecule has 1 fully saturated rings. The third kappa shape index (κ3) is 4.75. The van der Waals surface area contributed by atoms with E-state index in [-0.39, 0.29) is 5.82 Å². The van der Waals surface area contributed by atoms with Gasteiger partial charge in [-0.3, -0.25) is 4.90 Å². The molecule has 6 heteroatoms. The van der Waals surface area contributed by atoms with Gasteiger partial charge in [-0.1, -0.05) is 12.1 Å². The minimum Gasteiger partial charge on any atom is -0.346 e. The van der Waals surface area contributed by atoms with Crippen molar-refractivity contribution < 1.29 is 4.39 Å². The first-order valence-corrected chi connectivity index (χ1v) is 8.58. The van der Waals surface area contributed by atoms with Crippen LogP contribution in [0.5, 0.6) is 0 Å². The zero-order chi connectivity index (χ0) is 17.6. The van der Waals surface area contributed by atoms with E-state index in [1.165, 1.54) is 17.7 Å². The average molecular weight is 354 g/mol. The maximum absolute atomic E-state index is 13.0.